The van der Waals surface area contributed by atoms with Crippen LogP contribution >= 0.6 is 46.7 Å². The molecule has 44 heavy (non-hydrogen) atoms. The van der Waals surface area contributed by atoms with Crippen molar-refractivity contribution in [2.75, 3.05) is 39.6 Å². The number of aliphatic carboxylic acids is 1. The van der Waals surface area contributed by atoms with Crippen LogP contribution in [0.15, 0.2) is 46.9 Å². The van der Waals surface area contributed by atoms with Gasteiger partial charge in [0.05, 0.1) is 29.0 Å². The first-order valence-corrected chi connectivity index (χ1v) is 17.2. The molecule has 0 bridgehead atoms. The summed E-state index contributed by atoms with van der Waals surface area (Å²) >= 11 is 15.9. The fourth-order valence-corrected chi connectivity index (χ4v) is 6.25. The quantitative estimate of drug-likeness (QED) is 0.383. The van der Waals surface area contributed by atoms with Gasteiger partial charge >= 0.3 is 11.9 Å². The van der Waals surface area contributed by atoms with Crippen LogP contribution in [0.5, 0.6) is 0 Å². The number of hydrazone groups is 2. The van der Waals surface area contributed by atoms with Gasteiger partial charge in [-0.25, -0.2) is 29.6 Å². The van der Waals surface area contributed by atoms with E-state index in [0.29, 0.717) is 52.9 Å². The zero-order chi connectivity index (χ0) is 31.2. The standard InChI is InChI=1S/2C14H16ClN3O3S/c1-2-20-14(19)11-6-12(21-9-7-22-8-9)17-18(11)13-10(15)4-3-5-16-13;1-2-9-11(14(19)20)18(12-10(15)4-3-5-16-12)17-13(9)21-8-6-22-7-8/h3-5,9,11H,2,6-8H2,1H3;3-5,8-9,11H,2,6-7H2,1H3,(H,19,20). The van der Waals surface area contributed by atoms with Crippen LogP contribution in [0.4, 0.5) is 11.6 Å². The summed E-state index contributed by atoms with van der Waals surface area (Å²) in [6.07, 6.45) is 4.46. The Bertz CT molecular complexity index is 1410. The number of aromatic nitrogens is 2. The number of hydrogen-bond donors (Lipinski definition) is 1. The fraction of sp³-hybridized carbons (Fsp3) is 0.500. The van der Waals surface area contributed by atoms with E-state index in [1.54, 1.807) is 55.3 Å². The number of anilines is 2. The summed E-state index contributed by atoms with van der Waals surface area (Å²) in [7, 11) is 0. The van der Waals surface area contributed by atoms with Crippen LogP contribution in [0.25, 0.3) is 0 Å². The lowest BCUT2D eigenvalue weighted by Gasteiger charge is -2.27. The minimum absolute atomic E-state index is 0.117. The van der Waals surface area contributed by atoms with Crippen molar-refractivity contribution in [3.8, 4) is 0 Å². The molecule has 6 rings (SSSR count). The molecule has 0 amide bonds. The van der Waals surface area contributed by atoms with Crippen molar-refractivity contribution >= 4 is 82.1 Å². The maximum absolute atomic E-state index is 12.2. The normalized spacial score (nSPS) is 23.0. The average Bonchev–Trinajstić information content (AvgIpc) is 3.55. The van der Waals surface area contributed by atoms with Crippen molar-refractivity contribution in [2.45, 2.75) is 51.0 Å². The summed E-state index contributed by atoms with van der Waals surface area (Å²) in [6.45, 7) is 4.02. The Morgan fingerprint density at radius 1 is 0.932 bits per heavy atom. The Labute approximate surface area is 273 Å². The monoisotopic (exact) mass is 682 g/mol. The summed E-state index contributed by atoms with van der Waals surface area (Å²) in [5.74, 6) is 3.90. The van der Waals surface area contributed by atoms with Gasteiger partial charge in [0.25, 0.3) is 0 Å². The third-order valence-electron chi connectivity index (χ3n) is 7.02. The second-order valence-corrected chi connectivity index (χ2v) is 13.0. The van der Waals surface area contributed by atoms with Crippen LogP contribution < -0.4 is 10.0 Å². The molecule has 6 heterocycles. The number of carboxylic acid groups (broad SMARTS) is 1. The highest BCUT2D eigenvalue weighted by Crippen LogP contribution is 2.35. The molecule has 236 valence electrons. The average molecular weight is 684 g/mol. The summed E-state index contributed by atoms with van der Waals surface area (Å²) in [6, 6.07) is 5.37. The third kappa shape index (κ3) is 7.30. The maximum Gasteiger partial charge on any atom is 0.331 e. The second-order valence-electron chi connectivity index (χ2n) is 10.1. The second kappa shape index (κ2) is 14.9. The molecule has 2 fully saturated rings. The summed E-state index contributed by atoms with van der Waals surface area (Å²) in [5, 5.41) is 22.1. The molecule has 2 saturated heterocycles. The minimum Gasteiger partial charge on any atom is -0.480 e. The molecule has 0 aromatic carbocycles. The largest absolute Gasteiger partial charge is 0.480 e. The van der Waals surface area contributed by atoms with Crippen LogP contribution in [-0.4, -0.2) is 92.7 Å². The third-order valence-corrected chi connectivity index (χ3v) is 10.0. The lowest BCUT2D eigenvalue weighted by molar-refractivity contribution is -0.144. The molecule has 1 N–H and O–H groups in total. The van der Waals surface area contributed by atoms with Crippen LogP contribution in [0.3, 0.4) is 0 Å². The first kappa shape index (κ1) is 32.5. The molecule has 2 aromatic heterocycles. The summed E-state index contributed by atoms with van der Waals surface area (Å²) in [5.41, 5.74) is 0. The van der Waals surface area contributed by atoms with Gasteiger partial charge in [0.2, 0.25) is 11.8 Å². The zero-order valence-electron chi connectivity index (χ0n) is 24.0. The highest BCUT2D eigenvalue weighted by molar-refractivity contribution is 8.01. The molecule has 0 aliphatic carbocycles. The summed E-state index contributed by atoms with van der Waals surface area (Å²) in [4.78, 5) is 32.3. The molecule has 3 atom stereocenters. The van der Waals surface area contributed by atoms with Gasteiger partial charge in [0, 0.05) is 35.4 Å². The molecule has 0 radical (unpaired) electrons. The molecule has 16 heteroatoms. The van der Waals surface area contributed by atoms with Crippen molar-refractivity contribution in [1.82, 2.24) is 9.97 Å². The number of hydrogen-bond acceptors (Lipinski definition) is 13. The molecule has 12 nitrogen and oxygen atoms in total. The number of halogens is 2. The van der Waals surface area contributed by atoms with Gasteiger partial charge in [-0.3, -0.25) is 0 Å². The fourth-order valence-electron chi connectivity index (χ4n) is 4.70. The van der Waals surface area contributed by atoms with E-state index in [1.165, 1.54) is 10.0 Å². The van der Waals surface area contributed by atoms with E-state index in [-0.39, 0.29) is 24.1 Å². The lowest BCUT2D eigenvalue weighted by atomic mass is 9.97. The van der Waals surface area contributed by atoms with Gasteiger partial charge in [-0.1, -0.05) is 30.1 Å². The molecule has 0 spiro atoms. The molecule has 3 unspecified atom stereocenters. The first-order valence-electron chi connectivity index (χ1n) is 14.1. The zero-order valence-corrected chi connectivity index (χ0v) is 27.2. The number of thioether (sulfide) groups is 2. The Hall–Kier alpha value is -2.94. The first-order chi connectivity index (χ1) is 21.3. The van der Waals surface area contributed by atoms with Crippen molar-refractivity contribution in [1.29, 1.82) is 0 Å². The van der Waals surface area contributed by atoms with Gasteiger partial charge in [0.1, 0.15) is 12.2 Å². The highest BCUT2D eigenvalue weighted by Gasteiger charge is 2.45. The van der Waals surface area contributed by atoms with E-state index in [0.717, 1.165) is 23.0 Å². The van der Waals surface area contributed by atoms with Gasteiger partial charge in [-0.2, -0.15) is 23.5 Å². The Morgan fingerprint density at radius 3 is 2.02 bits per heavy atom. The lowest BCUT2D eigenvalue weighted by Crippen LogP contribution is -2.42. The molecule has 0 saturated carbocycles. The van der Waals surface area contributed by atoms with E-state index >= 15 is 0 Å². The highest BCUT2D eigenvalue weighted by atomic mass is 35.5. The van der Waals surface area contributed by atoms with E-state index in [4.69, 9.17) is 37.4 Å². The van der Waals surface area contributed by atoms with Gasteiger partial charge < -0.3 is 19.3 Å². The Kier molecular flexibility index (Phi) is 11.0. The van der Waals surface area contributed by atoms with E-state index in [1.807, 2.05) is 18.7 Å². The Balaban J connectivity index is 0.000000175. The van der Waals surface area contributed by atoms with Crippen molar-refractivity contribution in [3.63, 3.8) is 0 Å². The van der Waals surface area contributed by atoms with Gasteiger partial charge in [-0.05, 0) is 37.6 Å². The predicted octanol–water partition coefficient (Wildman–Crippen LogP) is 4.80. The summed E-state index contributed by atoms with van der Waals surface area (Å²) < 4.78 is 16.8. The van der Waals surface area contributed by atoms with Crippen molar-refractivity contribution in [3.05, 3.63) is 46.7 Å². The van der Waals surface area contributed by atoms with E-state index in [9.17, 15) is 14.7 Å². The van der Waals surface area contributed by atoms with Crippen molar-refractivity contribution in [2.24, 2.45) is 16.1 Å². The number of carbonyl (C=O) groups excluding carboxylic acids is 1. The maximum atomic E-state index is 12.2. The SMILES string of the molecule is CCC1C(OC2CSC2)=NN(c2ncccc2Cl)C1C(=O)O.CCOC(=O)C1CC(OC2CSC2)=NN1c1ncccc1Cl. The van der Waals surface area contributed by atoms with Crippen LogP contribution in [0.1, 0.15) is 26.7 Å². The molecular weight excluding hydrogens is 651 g/mol. The minimum atomic E-state index is -0.959. The van der Waals surface area contributed by atoms with E-state index < -0.39 is 18.1 Å². The van der Waals surface area contributed by atoms with Gasteiger partial charge in [-0.15, -0.1) is 10.2 Å². The van der Waals surface area contributed by atoms with Crippen LogP contribution in [-0.2, 0) is 23.8 Å². The molecular formula is C28H32Cl2N6O6S2. The number of pyridine rings is 2. The molecule has 4 aliphatic rings. The number of nitrogens with zero attached hydrogens (tertiary/aromatic N) is 6. The Morgan fingerprint density at radius 2 is 1.52 bits per heavy atom. The number of carboxylic acids is 1. The van der Waals surface area contributed by atoms with Crippen LogP contribution in [0, 0.1) is 5.92 Å². The van der Waals surface area contributed by atoms with Crippen LogP contribution in [0.2, 0.25) is 10.0 Å². The number of rotatable bonds is 8. The van der Waals surface area contributed by atoms with E-state index in [2.05, 4.69) is 20.2 Å². The number of carbonyl (C=O) groups is 2. The number of esters is 1. The number of ether oxygens (including phenoxy) is 3. The predicted molar refractivity (Wildman–Crippen MR) is 173 cm³/mol. The molecule has 4 aliphatic heterocycles. The van der Waals surface area contributed by atoms with Crippen molar-refractivity contribution < 1.29 is 28.9 Å². The van der Waals surface area contributed by atoms with Gasteiger partial charge in [0.15, 0.2) is 23.7 Å². The molecule has 2 aromatic rings. The topological polar surface area (TPSA) is 139 Å². The smallest absolute Gasteiger partial charge is 0.331 e.